The number of rotatable bonds is 7. The lowest BCUT2D eigenvalue weighted by Crippen LogP contribution is -2.37. The molecule has 1 aliphatic carbocycles. The van der Waals surface area contributed by atoms with Gasteiger partial charge in [0, 0.05) is 31.4 Å². The van der Waals surface area contributed by atoms with Gasteiger partial charge in [0.1, 0.15) is 5.69 Å². The largest absolute Gasteiger partial charge is 0.350 e. The van der Waals surface area contributed by atoms with Gasteiger partial charge in [-0.15, -0.1) is 0 Å². The maximum atomic E-state index is 12.6. The number of carbonyl (C=O) groups excluding carboxylic acids is 2. The molecule has 0 bridgehead atoms. The van der Waals surface area contributed by atoms with Crippen LogP contribution in [0, 0.1) is 0 Å². The highest BCUT2D eigenvalue weighted by molar-refractivity contribution is 5.92. The summed E-state index contributed by atoms with van der Waals surface area (Å²) in [6, 6.07) is 9.98. The summed E-state index contributed by atoms with van der Waals surface area (Å²) in [4.78, 5) is 34.6. The van der Waals surface area contributed by atoms with Gasteiger partial charge in [0.05, 0.1) is 12.2 Å². The minimum absolute atomic E-state index is 0.0567. The summed E-state index contributed by atoms with van der Waals surface area (Å²) in [5.41, 5.74) is 1.39. The molecule has 1 N–H and O–H groups in total. The predicted octanol–water partition coefficient (Wildman–Crippen LogP) is 2.35. The van der Waals surface area contributed by atoms with E-state index in [1.54, 1.807) is 4.90 Å². The number of hydrogen-bond acceptors (Lipinski definition) is 4. The van der Waals surface area contributed by atoms with Crippen LogP contribution >= 0.6 is 0 Å². The van der Waals surface area contributed by atoms with Gasteiger partial charge in [0.2, 0.25) is 5.91 Å². The van der Waals surface area contributed by atoms with Crippen LogP contribution in [0.4, 0.5) is 0 Å². The Bertz CT molecular complexity index is 717. The standard InChI is InChI=1S/C19H22N4O2/c1-14(15-5-3-2-4-6-15)22-18(24)9-12-23(16-7-8-16)19(25)17-13-20-10-11-21-17/h2-6,10-11,13-14,16H,7-9,12H2,1H3,(H,22,24). The molecular formula is C19H22N4O2. The topological polar surface area (TPSA) is 75.2 Å². The van der Waals surface area contributed by atoms with Crippen LogP contribution in [-0.4, -0.2) is 39.3 Å². The second-order valence-corrected chi connectivity index (χ2v) is 6.27. The first-order chi connectivity index (χ1) is 12.1. The van der Waals surface area contributed by atoms with Gasteiger partial charge >= 0.3 is 0 Å². The van der Waals surface area contributed by atoms with Crippen LogP contribution in [0.3, 0.4) is 0 Å². The van der Waals surface area contributed by atoms with E-state index >= 15 is 0 Å². The highest BCUT2D eigenvalue weighted by Gasteiger charge is 2.33. The molecule has 1 fully saturated rings. The minimum Gasteiger partial charge on any atom is -0.350 e. The average molecular weight is 338 g/mol. The van der Waals surface area contributed by atoms with Gasteiger partial charge in [-0.1, -0.05) is 30.3 Å². The van der Waals surface area contributed by atoms with Crippen LogP contribution in [-0.2, 0) is 4.79 Å². The predicted molar refractivity (Wildman–Crippen MR) is 93.7 cm³/mol. The number of amides is 2. The molecule has 0 saturated heterocycles. The molecule has 1 aromatic heterocycles. The molecule has 1 atom stereocenters. The Hall–Kier alpha value is -2.76. The van der Waals surface area contributed by atoms with Crippen molar-refractivity contribution in [1.29, 1.82) is 0 Å². The maximum Gasteiger partial charge on any atom is 0.274 e. The molecule has 1 aliphatic rings. The number of hydrogen-bond donors (Lipinski definition) is 1. The molecule has 6 nitrogen and oxygen atoms in total. The van der Waals surface area contributed by atoms with Crippen LogP contribution in [0.1, 0.15) is 48.3 Å². The third-order valence-corrected chi connectivity index (χ3v) is 4.29. The van der Waals surface area contributed by atoms with E-state index < -0.39 is 0 Å². The molecule has 0 aliphatic heterocycles. The summed E-state index contributed by atoms with van der Waals surface area (Å²) in [5, 5.41) is 2.98. The molecule has 1 aromatic carbocycles. The van der Waals surface area contributed by atoms with Crippen LogP contribution in [0.5, 0.6) is 0 Å². The molecule has 2 amide bonds. The van der Waals surface area contributed by atoms with Gasteiger partial charge < -0.3 is 10.2 Å². The molecule has 2 aromatic rings. The van der Waals surface area contributed by atoms with E-state index in [-0.39, 0.29) is 30.3 Å². The summed E-state index contributed by atoms with van der Waals surface area (Å²) >= 11 is 0. The maximum absolute atomic E-state index is 12.6. The van der Waals surface area contributed by atoms with Crippen molar-refractivity contribution in [1.82, 2.24) is 20.2 Å². The lowest BCUT2D eigenvalue weighted by molar-refractivity contribution is -0.121. The number of nitrogens with zero attached hydrogens (tertiary/aromatic N) is 3. The Labute approximate surface area is 147 Å². The smallest absolute Gasteiger partial charge is 0.274 e. The minimum atomic E-state index is -0.153. The summed E-state index contributed by atoms with van der Waals surface area (Å²) in [5.74, 6) is -0.214. The Morgan fingerprint density at radius 2 is 2.00 bits per heavy atom. The Morgan fingerprint density at radius 1 is 1.24 bits per heavy atom. The molecule has 1 heterocycles. The van der Waals surface area contributed by atoms with E-state index in [0.717, 1.165) is 18.4 Å². The zero-order valence-electron chi connectivity index (χ0n) is 14.3. The summed E-state index contributed by atoms with van der Waals surface area (Å²) in [6.45, 7) is 2.35. The van der Waals surface area contributed by atoms with Gasteiger partial charge in [-0.25, -0.2) is 4.98 Å². The van der Waals surface area contributed by atoms with Crippen molar-refractivity contribution in [3.8, 4) is 0 Å². The van der Waals surface area contributed by atoms with Gasteiger partial charge in [0.15, 0.2) is 0 Å². The normalized spacial score (nSPS) is 14.6. The van der Waals surface area contributed by atoms with Gasteiger partial charge in [-0.05, 0) is 25.3 Å². The lowest BCUT2D eigenvalue weighted by atomic mass is 10.1. The lowest BCUT2D eigenvalue weighted by Gasteiger charge is -2.22. The number of aromatic nitrogens is 2. The van der Waals surface area contributed by atoms with E-state index in [1.807, 2.05) is 37.3 Å². The zero-order chi connectivity index (χ0) is 17.6. The third-order valence-electron chi connectivity index (χ3n) is 4.29. The van der Waals surface area contributed by atoms with E-state index in [4.69, 9.17) is 0 Å². The Balaban J connectivity index is 1.55. The van der Waals surface area contributed by atoms with Crippen LogP contribution < -0.4 is 5.32 Å². The fraction of sp³-hybridized carbons (Fsp3) is 0.368. The first-order valence-corrected chi connectivity index (χ1v) is 8.56. The summed E-state index contributed by atoms with van der Waals surface area (Å²) < 4.78 is 0. The van der Waals surface area contributed by atoms with E-state index in [9.17, 15) is 9.59 Å². The van der Waals surface area contributed by atoms with Crippen molar-refractivity contribution in [3.63, 3.8) is 0 Å². The third kappa shape index (κ3) is 4.62. The average Bonchev–Trinajstić information content (AvgIpc) is 3.48. The van der Waals surface area contributed by atoms with Gasteiger partial charge in [-0.3, -0.25) is 14.6 Å². The molecule has 130 valence electrons. The second kappa shape index (κ2) is 7.88. The molecule has 0 radical (unpaired) electrons. The van der Waals surface area contributed by atoms with E-state index in [0.29, 0.717) is 12.2 Å². The highest BCUT2D eigenvalue weighted by Crippen LogP contribution is 2.28. The van der Waals surface area contributed by atoms with Crippen molar-refractivity contribution in [2.75, 3.05) is 6.54 Å². The Kier molecular flexibility index (Phi) is 5.38. The van der Waals surface area contributed by atoms with Crippen LogP contribution in [0.15, 0.2) is 48.9 Å². The van der Waals surface area contributed by atoms with Crippen molar-refractivity contribution in [3.05, 3.63) is 60.2 Å². The molecule has 3 rings (SSSR count). The second-order valence-electron chi connectivity index (χ2n) is 6.27. The fourth-order valence-electron chi connectivity index (χ4n) is 2.75. The van der Waals surface area contributed by atoms with E-state index in [2.05, 4.69) is 15.3 Å². The molecule has 6 heteroatoms. The van der Waals surface area contributed by atoms with Crippen LogP contribution in [0.2, 0.25) is 0 Å². The molecule has 0 spiro atoms. The molecule has 1 saturated carbocycles. The van der Waals surface area contributed by atoms with E-state index in [1.165, 1.54) is 18.6 Å². The number of benzene rings is 1. The van der Waals surface area contributed by atoms with Gasteiger partial charge in [0.25, 0.3) is 5.91 Å². The summed E-state index contributed by atoms with van der Waals surface area (Å²) in [7, 11) is 0. The molecular weight excluding hydrogens is 316 g/mol. The fourth-order valence-corrected chi connectivity index (χ4v) is 2.75. The molecule has 25 heavy (non-hydrogen) atoms. The summed E-state index contributed by atoms with van der Waals surface area (Å²) in [6.07, 6.45) is 6.75. The number of nitrogens with one attached hydrogen (secondary N) is 1. The molecule has 1 unspecified atom stereocenters. The Morgan fingerprint density at radius 3 is 2.64 bits per heavy atom. The highest BCUT2D eigenvalue weighted by atomic mass is 16.2. The van der Waals surface area contributed by atoms with Crippen LogP contribution in [0.25, 0.3) is 0 Å². The number of carbonyl (C=O) groups is 2. The first kappa shape index (κ1) is 17.1. The van der Waals surface area contributed by atoms with Gasteiger partial charge in [-0.2, -0.15) is 0 Å². The zero-order valence-corrected chi connectivity index (χ0v) is 14.3. The van der Waals surface area contributed by atoms with Crippen molar-refractivity contribution >= 4 is 11.8 Å². The van der Waals surface area contributed by atoms with Crippen molar-refractivity contribution < 1.29 is 9.59 Å². The quantitative estimate of drug-likeness (QED) is 0.841. The van der Waals surface area contributed by atoms with Crippen molar-refractivity contribution in [2.45, 2.75) is 38.3 Å². The van der Waals surface area contributed by atoms with Crippen molar-refractivity contribution in [2.24, 2.45) is 0 Å². The first-order valence-electron chi connectivity index (χ1n) is 8.56. The monoisotopic (exact) mass is 338 g/mol. The SMILES string of the molecule is CC(NC(=O)CCN(C(=O)c1cnccn1)C1CC1)c1ccccc1.